The molecular formula is C17H23N5O2. The molecule has 0 radical (unpaired) electrons. The van der Waals surface area contributed by atoms with Gasteiger partial charge in [0.2, 0.25) is 11.9 Å². The maximum atomic E-state index is 12.8. The Morgan fingerprint density at radius 3 is 2.92 bits per heavy atom. The molecule has 1 amide bonds. The summed E-state index contributed by atoms with van der Waals surface area (Å²) in [7, 11) is 1.99. The summed E-state index contributed by atoms with van der Waals surface area (Å²) < 4.78 is 7.38. The van der Waals surface area contributed by atoms with Crippen LogP contribution in [-0.4, -0.2) is 64.7 Å². The predicted octanol–water partition coefficient (Wildman–Crippen LogP) is 1.04. The summed E-state index contributed by atoms with van der Waals surface area (Å²) in [5.74, 6) is 1.22. The van der Waals surface area contributed by atoms with Gasteiger partial charge in [0, 0.05) is 39.4 Å². The van der Waals surface area contributed by atoms with Gasteiger partial charge in [0.1, 0.15) is 5.52 Å². The van der Waals surface area contributed by atoms with Gasteiger partial charge in [0.05, 0.1) is 19.1 Å². The van der Waals surface area contributed by atoms with Gasteiger partial charge >= 0.3 is 0 Å². The number of rotatable bonds is 2. The van der Waals surface area contributed by atoms with Gasteiger partial charge < -0.3 is 14.5 Å². The monoisotopic (exact) mass is 329 g/mol. The molecule has 0 saturated carbocycles. The molecule has 2 aliphatic heterocycles. The normalized spacial score (nSPS) is 22.1. The Morgan fingerprint density at radius 1 is 1.29 bits per heavy atom. The lowest BCUT2D eigenvalue weighted by molar-refractivity contribution is -0.139. The zero-order valence-corrected chi connectivity index (χ0v) is 14.0. The van der Waals surface area contributed by atoms with Crippen LogP contribution < -0.4 is 4.90 Å². The van der Waals surface area contributed by atoms with Crippen LogP contribution in [0.2, 0.25) is 0 Å². The molecule has 2 saturated heterocycles. The van der Waals surface area contributed by atoms with Crippen LogP contribution in [0.1, 0.15) is 12.8 Å². The second-order valence-corrected chi connectivity index (χ2v) is 6.54. The summed E-state index contributed by atoms with van der Waals surface area (Å²) in [6, 6.07) is 3.88. The maximum Gasteiger partial charge on any atom is 0.227 e. The highest BCUT2D eigenvalue weighted by atomic mass is 16.5. The Morgan fingerprint density at radius 2 is 2.12 bits per heavy atom. The Bertz CT molecular complexity index is 738. The van der Waals surface area contributed by atoms with E-state index in [1.165, 1.54) is 0 Å². The first-order chi connectivity index (χ1) is 11.7. The smallest absolute Gasteiger partial charge is 0.227 e. The van der Waals surface area contributed by atoms with Crippen molar-refractivity contribution in [3.8, 4) is 0 Å². The zero-order chi connectivity index (χ0) is 16.5. The summed E-state index contributed by atoms with van der Waals surface area (Å²) in [5, 5.41) is 0. The fourth-order valence-electron chi connectivity index (χ4n) is 3.70. The van der Waals surface area contributed by atoms with Crippen LogP contribution >= 0.6 is 0 Å². The molecule has 2 fully saturated rings. The molecule has 7 heteroatoms. The van der Waals surface area contributed by atoms with Crippen LogP contribution in [0.3, 0.4) is 0 Å². The van der Waals surface area contributed by atoms with E-state index in [0.29, 0.717) is 26.3 Å². The zero-order valence-electron chi connectivity index (χ0n) is 14.0. The van der Waals surface area contributed by atoms with Crippen molar-refractivity contribution in [2.75, 3.05) is 44.3 Å². The van der Waals surface area contributed by atoms with E-state index in [9.17, 15) is 4.79 Å². The SMILES string of the molecule is Cn1c(N2CCCC(C(=O)N3CCOCC3)C2)nc2cccnc21. The Labute approximate surface area is 141 Å². The van der Waals surface area contributed by atoms with Crippen molar-refractivity contribution in [2.45, 2.75) is 12.8 Å². The molecule has 2 aromatic heterocycles. The van der Waals surface area contributed by atoms with Crippen molar-refractivity contribution in [3.05, 3.63) is 18.3 Å². The van der Waals surface area contributed by atoms with E-state index in [1.807, 2.05) is 28.6 Å². The summed E-state index contributed by atoms with van der Waals surface area (Å²) in [4.78, 5) is 26.1. The molecule has 7 nitrogen and oxygen atoms in total. The first-order valence-corrected chi connectivity index (χ1v) is 8.63. The topological polar surface area (TPSA) is 63.5 Å². The van der Waals surface area contributed by atoms with E-state index < -0.39 is 0 Å². The average Bonchev–Trinajstić information content (AvgIpc) is 2.99. The number of aryl methyl sites for hydroxylation is 1. The molecular weight excluding hydrogens is 306 g/mol. The Kier molecular flexibility index (Phi) is 4.10. The van der Waals surface area contributed by atoms with E-state index in [1.54, 1.807) is 6.20 Å². The number of amides is 1. The molecule has 0 aliphatic carbocycles. The van der Waals surface area contributed by atoms with Crippen molar-refractivity contribution in [1.82, 2.24) is 19.4 Å². The Hall–Kier alpha value is -2.15. The molecule has 0 spiro atoms. The van der Waals surface area contributed by atoms with Crippen molar-refractivity contribution in [2.24, 2.45) is 13.0 Å². The third kappa shape index (κ3) is 2.73. The van der Waals surface area contributed by atoms with Crippen LogP contribution in [0.15, 0.2) is 18.3 Å². The minimum Gasteiger partial charge on any atom is -0.378 e. The molecule has 2 aliphatic rings. The van der Waals surface area contributed by atoms with E-state index >= 15 is 0 Å². The summed E-state index contributed by atoms with van der Waals surface area (Å²) in [6.07, 6.45) is 3.75. The first-order valence-electron chi connectivity index (χ1n) is 8.63. The van der Waals surface area contributed by atoms with Crippen LogP contribution in [0.25, 0.3) is 11.2 Å². The van der Waals surface area contributed by atoms with Crippen molar-refractivity contribution in [1.29, 1.82) is 0 Å². The number of morpholine rings is 1. The predicted molar refractivity (Wildman–Crippen MR) is 90.8 cm³/mol. The number of hydrogen-bond donors (Lipinski definition) is 0. The van der Waals surface area contributed by atoms with E-state index in [2.05, 4.69) is 9.88 Å². The van der Waals surface area contributed by atoms with Gasteiger partial charge in [-0.15, -0.1) is 0 Å². The van der Waals surface area contributed by atoms with Gasteiger partial charge in [0.25, 0.3) is 0 Å². The molecule has 128 valence electrons. The number of nitrogens with zero attached hydrogens (tertiary/aromatic N) is 5. The van der Waals surface area contributed by atoms with Crippen LogP contribution in [0.5, 0.6) is 0 Å². The quantitative estimate of drug-likeness (QED) is 0.824. The van der Waals surface area contributed by atoms with Gasteiger partial charge in [-0.1, -0.05) is 0 Å². The lowest BCUT2D eigenvalue weighted by Gasteiger charge is -2.36. The van der Waals surface area contributed by atoms with Gasteiger partial charge in [-0.25, -0.2) is 9.97 Å². The number of anilines is 1. The second kappa shape index (κ2) is 6.39. The van der Waals surface area contributed by atoms with Crippen LogP contribution in [-0.2, 0) is 16.6 Å². The third-order valence-electron chi connectivity index (χ3n) is 4.98. The molecule has 4 heterocycles. The van der Waals surface area contributed by atoms with Gasteiger partial charge in [-0.3, -0.25) is 9.36 Å². The van der Waals surface area contributed by atoms with Gasteiger partial charge in [-0.2, -0.15) is 0 Å². The Balaban J connectivity index is 1.53. The van der Waals surface area contributed by atoms with Crippen molar-refractivity contribution < 1.29 is 9.53 Å². The molecule has 24 heavy (non-hydrogen) atoms. The number of pyridine rings is 1. The maximum absolute atomic E-state index is 12.8. The van der Waals surface area contributed by atoms with E-state index in [4.69, 9.17) is 9.72 Å². The number of piperidine rings is 1. The standard InChI is InChI=1S/C17H23N5O2/c1-20-15-14(5-2-6-18-15)19-17(20)22-7-3-4-13(12-22)16(23)21-8-10-24-11-9-21/h2,5-6,13H,3-4,7-12H2,1H3. The van der Waals surface area contributed by atoms with Crippen molar-refractivity contribution >= 4 is 23.0 Å². The van der Waals surface area contributed by atoms with Gasteiger partial charge in [-0.05, 0) is 25.0 Å². The first kappa shape index (κ1) is 15.4. The number of imidazole rings is 1. The molecule has 4 rings (SSSR count). The number of ether oxygens (including phenoxy) is 1. The molecule has 1 atom stereocenters. The van der Waals surface area contributed by atoms with E-state index in [-0.39, 0.29) is 11.8 Å². The van der Waals surface area contributed by atoms with Crippen molar-refractivity contribution in [3.63, 3.8) is 0 Å². The molecule has 2 aromatic rings. The second-order valence-electron chi connectivity index (χ2n) is 6.54. The molecule has 0 N–H and O–H groups in total. The lowest BCUT2D eigenvalue weighted by Crippen LogP contribution is -2.48. The highest BCUT2D eigenvalue weighted by Gasteiger charge is 2.31. The molecule has 0 bridgehead atoms. The lowest BCUT2D eigenvalue weighted by atomic mass is 9.96. The number of carbonyl (C=O) groups excluding carboxylic acids is 1. The minimum atomic E-state index is 0.0459. The summed E-state index contributed by atoms with van der Waals surface area (Å²) in [5.41, 5.74) is 1.78. The fraction of sp³-hybridized carbons (Fsp3) is 0.588. The molecule has 1 unspecified atom stereocenters. The summed E-state index contributed by atoms with van der Waals surface area (Å²) in [6.45, 7) is 4.39. The number of aromatic nitrogens is 3. The number of carbonyl (C=O) groups is 1. The highest BCUT2D eigenvalue weighted by Crippen LogP contribution is 2.26. The number of hydrogen-bond acceptors (Lipinski definition) is 5. The fourth-order valence-corrected chi connectivity index (χ4v) is 3.70. The van der Waals surface area contributed by atoms with Crippen LogP contribution in [0, 0.1) is 5.92 Å². The highest BCUT2D eigenvalue weighted by molar-refractivity contribution is 5.80. The number of fused-ring (bicyclic) bond motifs is 1. The van der Waals surface area contributed by atoms with Gasteiger partial charge in [0.15, 0.2) is 5.65 Å². The third-order valence-corrected chi connectivity index (χ3v) is 4.98. The molecule has 0 aromatic carbocycles. The van der Waals surface area contributed by atoms with E-state index in [0.717, 1.165) is 43.0 Å². The van der Waals surface area contributed by atoms with Crippen LogP contribution in [0.4, 0.5) is 5.95 Å². The minimum absolute atomic E-state index is 0.0459. The summed E-state index contributed by atoms with van der Waals surface area (Å²) >= 11 is 0. The largest absolute Gasteiger partial charge is 0.378 e. The average molecular weight is 329 g/mol.